The SMILES string of the molecule is [2H]N(Cc1cccc2cnccc12)C(=O)[C@H]1CN(C(C)(C)C)C[C@@H]1c1ccccc1. The van der Waals surface area contributed by atoms with Gasteiger partial charge in [-0.1, -0.05) is 48.5 Å². The van der Waals surface area contributed by atoms with Crippen molar-refractivity contribution in [2.24, 2.45) is 5.92 Å². The summed E-state index contributed by atoms with van der Waals surface area (Å²) >= 11 is 0. The van der Waals surface area contributed by atoms with E-state index >= 15 is 0 Å². The maximum absolute atomic E-state index is 13.4. The summed E-state index contributed by atoms with van der Waals surface area (Å²) < 4.78 is 8.58. The largest absolute Gasteiger partial charge is 0.352 e. The van der Waals surface area contributed by atoms with E-state index in [1.165, 1.54) is 5.56 Å². The van der Waals surface area contributed by atoms with E-state index in [1.807, 2.05) is 48.7 Å². The molecule has 29 heavy (non-hydrogen) atoms. The van der Waals surface area contributed by atoms with Crippen LogP contribution >= 0.6 is 0 Å². The molecule has 1 amide bonds. The molecule has 2 aromatic carbocycles. The number of hydrogen-bond donors (Lipinski definition) is 1. The highest BCUT2D eigenvalue weighted by Gasteiger charge is 2.41. The first kappa shape index (κ1) is 18.3. The van der Waals surface area contributed by atoms with Gasteiger partial charge in [0, 0.05) is 48.9 Å². The zero-order chi connectivity index (χ0) is 21.3. The number of likely N-dealkylation sites (tertiary alicyclic amines) is 1. The quantitative estimate of drug-likeness (QED) is 0.722. The Morgan fingerprint density at radius 2 is 1.93 bits per heavy atom. The number of hydrogen-bond acceptors (Lipinski definition) is 3. The Kier molecular flexibility index (Phi) is 5.03. The minimum absolute atomic E-state index is 0.0163. The lowest BCUT2D eigenvalue weighted by molar-refractivity contribution is -0.125. The fourth-order valence-corrected chi connectivity index (χ4v) is 4.25. The summed E-state index contributed by atoms with van der Waals surface area (Å²) in [5.41, 5.74) is 2.13. The van der Waals surface area contributed by atoms with Crippen molar-refractivity contribution >= 4 is 16.7 Å². The molecule has 4 rings (SSSR count). The summed E-state index contributed by atoms with van der Waals surface area (Å²) in [7, 11) is 0. The maximum atomic E-state index is 13.4. The van der Waals surface area contributed by atoms with Crippen molar-refractivity contribution in [1.29, 1.82) is 0 Å². The Bertz CT molecular complexity index is 1030. The van der Waals surface area contributed by atoms with Crippen LogP contribution < -0.4 is 5.31 Å². The summed E-state index contributed by atoms with van der Waals surface area (Å²) in [5, 5.41) is 3.22. The van der Waals surface area contributed by atoms with Gasteiger partial charge in [-0.2, -0.15) is 0 Å². The van der Waals surface area contributed by atoms with Crippen LogP contribution in [-0.4, -0.2) is 34.4 Å². The van der Waals surface area contributed by atoms with Crippen molar-refractivity contribution in [3.8, 4) is 0 Å². The summed E-state index contributed by atoms with van der Waals surface area (Å²) in [6.45, 7) is 8.34. The fourth-order valence-electron chi connectivity index (χ4n) is 4.25. The van der Waals surface area contributed by atoms with Gasteiger partial charge in [-0.15, -0.1) is 0 Å². The van der Waals surface area contributed by atoms with Crippen molar-refractivity contribution in [3.05, 3.63) is 78.1 Å². The molecule has 3 aromatic rings. The molecule has 4 nitrogen and oxygen atoms in total. The minimum Gasteiger partial charge on any atom is -0.352 e. The maximum Gasteiger partial charge on any atom is 0.225 e. The molecule has 0 bridgehead atoms. The van der Waals surface area contributed by atoms with Crippen LogP contribution in [0.25, 0.3) is 10.8 Å². The third kappa shape index (κ3) is 4.18. The number of carbonyl (C=O) groups is 1. The highest BCUT2D eigenvalue weighted by atomic mass is 16.1. The van der Waals surface area contributed by atoms with Crippen LogP contribution in [0.5, 0.6) is 0 Å². The smallest absolute Gasteiger partial charge is 0.225 e. The molecule has 0 unspecified atom stereocenters. The monoisotopic (exact) mass is 388 g/mol. The zero-order valence-corrected chi connectivity index (χ0v) is 17.4. The summed E-state index contributed by atoms with van der Waals surface area (Å²) in [4.78, 5) is 20.0. The first-order chi connectivity index (χ1) is 14.3. The van der Waals surface area contributed by atoms with Crippen LogP contribution in [0.15, 0.2) is 67.0 Å². The van der Waals surface area contributed by atoms with Crippen LogP contribution in [0.2, 0.25) is 1.41 Å². The number of nitrogens with one attached hydrogen (secondary N) is 1. The number of aromatic nitrogens is 1. The fraction of sp³-hybridized carbons (Fsp3) is 0.360. The molecular formula is C25H29N3O. The molecule has 0 aliphatic carbocycles. The Morgan fingerprint density at radius 1 is 1.14 bits per heavy atom. The standard InChI is InChI=1S/C25H29N3O/c1-25(2,3)28-16-22(18-8-5-4-6-9-18)23(17-28)24(29)27-15-20-11-7-10-19-14-26-13-12-21(19)20/h4-14,22-23H,15-17H2,1-3H3,(H,27,29)/t22-,23+/m1/s1/i/hD. The van der Waals surface area contributed by atoms with E-state index < -0.39 is 0 Å². The average molecular weight is 389 g/mol. The molecule has 1 aliphatic heterocycles. The Labute approximate surface area is 174 Å². The molecular weight excluding hydrogens is 358 g/mol. The van der Waals surface area contributed by atoms with Crippen molar-refractivity contribution in [1.82, 2.24) is 15.2 Å². The van der Waals surface area contributed by atoms with Crippen LogP contribution in [0.3, 0.4) is 0 Å². The second kappa shape index (κ2) is 7.96. The van der Waals surface area contributed by atoms with Crippen molar-refractivity contribution < 1.29 is 6.21 Å². The molecule has 0 radical (unpaired) electrons. The molecule has 1 N–H and O–H groups in total. The van der Waals surface area contributed by atoms with Gasteiger partial charge in [0.2, 0.25) is 5.91 Å². The van der Waals surface area contributed by atoms with E-state index in [9.17, 15) is 4.79 Å². The van der Waals surface area contributed by atoms with Gasteiger partial charge in [-0.25, -0.2) is 0 Å². The molecule has 1 fully saturated rings. The van der Waals surface area contributed by atoms with Gasteiger partial charge in [-0.3, -0.25) is 14.7 Å². The third-order valence-electron chi connectivity index (χ3n) is 5.99. The van der Waals surface area contributed by atoms with E-state index in [0.717, 1.165) is 28.2 Å². The third-order valence-corrected chi connectivity index (χ3v) is 5.99. The lowest BCUT2D eigenvalue weighted by Gasteiger charge is -2.31. The number of pyridine rings is 1. The van der Waals surface area contributed by atoms with Gasteiger partial charge in [0.15, 0.2) is 1.41 Å². The first-order valence-electron chi connectivity index (χ1n) is 10.7. The number of nitrogens with zero attached hydrogens (tertiary/aromatic N) is 2. The Morgan fingerprint density at radius 3 is 2.69 bits per heavy atom. The molecule has 0 spiro atoms. The van der Waals surface area contributed by atoms with E-state index in [2.05, 4.69) is 42.8 Å². The minimum atomic E-state index is -0.222. The molecule has 0 saturated carbocycles. The van der Waals surface area contributed by atoms with Crippen LogP contribution in [0, 0.1) is 5.92 Å². The van der Waals surface area contributed by atoms with Crippen LogP contribution in [0.1, 0.15) is 37.8 Å². The predicted octanol–water partition coefficient (Wildman–Crippen LogP) is 4.37. The molecule has 4 heteroatoms. The predicted molar refractivity (Wildman–Crippen MR) is 118 cm³/mol. The zero-order valence-electron chi connectivity index (χ0n) is 18.4. The molecule has 1 saturated heterocycles. The number of benzene rings is 2. The molecule has 2 heterocycles. The second-order valence-corrected chi connectivity index (χ2v) is 8.87. The second-order valence-electron chi connectivity index (χ2n) is 8.87. The van der Waals surface area contributed by atoms with Gasteiger partial charge < -0.3 is 5.31 Å². The van der Waals surface area contributed by atoms with Gasteiger partial charge in [0.25, 0.3) is 0 Å². The summed E-state index contributed by atoms with van der Waals surface area (Å²) in [6.07, 6.45) is 3.57. The number of carbonyl (C=O) groups excluding carboxylic acids is 1. The summed E-state index contributed by atoms with van der Waals surface area (Å²) in [5.74, 6) is -0.232. The van der Waals surface area contributed by atoms with Crippen LogP contribution in [0.4, 0.5) is 0 Å². The molecule has 1 aliphatic rings. The van der Waals surface area contributed by atoms with E-state index in [-0.39, 0.29) is 29.8 Å². The Hall–Kier alpha value is -2.72. The van der Waals surface area contributed by atoms with Crippen LogP contribution in [-0.2, 0) is 11.3 Å². The highest BCUT2D eigenvalue weighted by Crippen LogP contribution is 2.36. The van der Waals surface area contributed by atoms with Gasteiger partial charge in [0.1, 0.15) is 0 Å². The molecule has 1 aromatic heterocycles. The first-order valence-corrected chi connectivity index (χ1v) is 10.3. The van der Waals surface area contributed by atoms with Crippen molar-refractivity contribution in [2.75, 3.05) is 13.1 Å². The normalized spacial score (nSPS) is 20.6. The lowest BCUT2D eigenvalue weighted by Crippen LogP contribution is -2.41. The van der Waals surface area contributed by atoms with Crippen molar-refractivity contribution in [2.45, 2.75) is 38.8 Å². The van der Waals surface area contributed by atoms with Crippen molar-refractivity contribution in [3.63, 3.8) is 0 Å². The number of fused-ring (bicyclic) bond motifs is 1. The van der Waals surface area contributed by atoms with E-state index in [4.69, 9.17) is 1.41 Å². The summed E-state index contributed by atoms with van der Waals surface area (Å²) in [6, 6.07) is 18.2. The average Bonchev–Trinajstić information content (AvgIpc) is 3.20. The molecule has 2 atom stereocenters. The van der Waals surface area contributed by atoms with E-state index in [1.54, 1.807) is 6.20 Å². The van der Waals surface area contributed by atoms with Gasteiger partial charge >= 0.3 is 0 Å². The highest BCUT2D eigenvalue weighted by molar-refractivity contribution is 5.86. The molecule has 150 valence electrons. The number of amides is 1. The van der Waals surface area contributed by atoms with E-state index in [0.29, 0.717) is 6.54 Å². The topological polar surface area (TPSA) is 45.2 Å². The van der Waals surface area contributed by atoms with Gasteiger partial charge in [0.05, 0.1) is 5.92 Å². The van der Waals surface area contributed by atoms with Gasteiger partial charge in [-0.05, 0) is 43.4 Å². The number of rotatable bonds is 4. The lowest BCUT2D eigenvalue weighted by atomic mass is 9.88. The Balaban J connectivity index is 1.59.